The summed E-state index contributed by atoms with van der Waals surface area (Å²) in [6, 6.07) is 11.5. The van der Waals surface area contributed by atoms with Crippen molar-refractivity contribution in [2.75, 3.05) is 57.1 Å². The van der Waals surface area contributed by atoms with Gasteiger partial charge in [0.1, 0.15) is 47.3 Å². The number of anilines is 2. The van der Waals surface area contributed by atoms with Crippen LogP contribution in [0.5, 0.6) is 0 Å². The van der Waals surface area contributed by atoms with Crippen LogP contribution in [0, 0.1) is 39.5 Å². The molecule has 2 aliphatic heterocycles. The average Bonchev–Trinajstić information content (AvgIpc) is 1.62. The molecule has 0 unspecified atom stereocenters. The van der Waals surface area contributed by atoms with E-state index in [0.29, 0.717) is 57.9 Å². The van der Waals surface area contributed by atoms with E-state index in [1.165, 1.54) is 16.9 Å². The third kappa shape index (κ3) is 19.9. The van der Waals surface area contributed by atoms with Crippen LogP contribution in [0.1, 0.15) is 88.4 Å². The SMILES string of the molecule is COC(=O)[C@@H]1C[C@H](Nc2ncc(C(F)(F)F)c(-c3cn(COCC[Si](C)(C)C)c4cc(-c5c(C)noc5C)ccc34)n2)CN(C(=O)OC(C)(C)C)C1.Cc1noc(C)c1-c1ccc2c(-c3nc(N[C@H]4C[C@@H](C(=O)O)CN(C(=O)OC(C)(C)C)C4)ncc3C(F)(F)F)cn(COCC[Si](C)(C)C)c2c1. The maximum Gasteiger partial charge on any atom is 0.419 e. The minimum atomic E-state index is -4.79. The minimum absolute atomic E-state index is 0.0386. The second-order valence-electron chi connectivity index (χ2n) is 30.7. The van der Waals surface area contributed by atoms with Gasteiger partial charge >= 0.3 is 36.5 Å². The molecule has 8 aromatic rings. The molecule has 0 bridgehead atoms. The van der Waals surface area contributed by atoms with Gasteiger partial charge in [0.2, 0.25) is 11.9 Å². The Balaban J connectivity index is 0.000000239. The molecule has 0 radical (unpaired) electrons. The van der Waals surface area contributed by atoms with Crippen molar-refractivity contribution in [3.8, 4) is 44.8 Å². The van der Waals surface area contributed by atoms with Crippen molar-refractivity contribution in [3.63, 3.8) is 0 Å². The first-order valence-corrected chi connectivity index (χ1v) is 41.3. The van der Waals surface area contributed by atoms with Crippen LogP contribution in [0.3, 0.4) is 0 Å². The highest BCUT2D eigenvalue weighted by Crippen LogP contribution is 2.44. The second kappa shape index (κ2) is 30.8. The number of benzene rings is 2. The lowest BCUT2D eigenvalue weighted by molar-refractivity contribution is -0.147. The molecule has 2 fully saturated rings. The minimum Gasteiger partial charge on any atom is -0.481 e. The number of ether oxygens (including phenoxy) is 5. The zero-order valence-corrected chi connectivity index (χ0v) is 63.2. The van der Waals surface area contributed by atoms with E-state index in [4.69, 9.17) is 32.7 Å². The number of esters is 1. The van der Waals surface area contributed by atoms with Crippen LogP contribution in [0.25, 0.3) is 66.6 Å². The summed E-state index contributed by atoms with van der Waals surface area (Å²) >= 11 is 0. The fourth-order valence-corrected chi connectivity index (χ4v) is 13.8. The van der Waals surface area contributed by atoms with E-state index >= 15 is 0 Å². The number of carboxylic acid groups (broad SMARTS) is 1. The maximum atomic E-state index is 14.6. The fourth-order valence-electron chi connectivity index (χ4n) is 12.3. The first kappa shape index (κ1) is 78.3. The van der Waals surface area contributed by atoms with Crippen LogP contribution in [-0.2, 0) is 59.1 Å². The number of carboxylic acids is 1. The topological polar surface area (TPSA) is 279 Å². The first-order chi connectivity index (χ1) is 47.9. The number of rotatable bonds is 20. The summed E-state index contributed by atoms with van der Waals surface area (Å²) in [4.78, 5) is 70.1. The van der Waals surface area contributed by atoms with Crippen molar-refractivity contribution in [1.29, 1.82) is 0 Å². The molecule has 24 nitrogen and oxygen atoms in total. The predicted octanol–water partition coefficient (Wildman–Crippen LogP) is 15.7. The lowest BCUT2D eigenvalue weighted by Gasteiger charge is -2.37. The van der Waals surface area contributed by atoms with Gasteiger partial charge in [-0.05, 0) is 117 Å². The van der Waals surface area contributed by atoms with Gasteiger partial charge in [0.05, 0.1) is 52.8 Å². The summed E-state index contributed by atoms with van der Waals surface area (Å²) < 4.78 is 130. The number of fused-ring (bicyclic) bond motifs is 2. The Bertz CT molecular complexity index is 4350. The van der Waals surface area contributed by atoms with E-state index in [-0.39, 0.29) is 86.9 Å². The molecule has 32 heteroatoms. The van der Waals surface area contributed by atoms with Crippen LogP contribution in [0.15, 0.2) is 70.2 Å². The Morgan fingerprint density at radius 1 is 0.592 bits per heavy atom. The Labute approximate surface area is 595 Å². The Morgan fingerprint density at radius 3 is 1.32 bits per heavy atom. The van der Waals surface area contributed by atoms with E-state index in [0.717, 1.165) is 46.7 Å². The zero-order chi connectivity index (χ0) is 75.6. The number of aryl methyl sites for hydroxylation is 4. The summed E-state index contributed by atoms with van der Waals surface area (Å²) in [5.74, 6) is -2.28. The summed E-state index contributed by atoms with van der Waals surface area (Å²) in [6.07, 6.45) is -5.87. The van der Waals surface area contributed by atoms with E-state index in [1.54, 1.807) is 89.1 Å². The quantitative estimate of drug-likeness (QED) is 0.0210. The zero-order valence-electron chi connectivity index (χ0n) is 61.2. The molecule has 0 spiro atoms. The van der Waals surface area contributed by atoms with Crippen LogP contribution in [0.2, 0.25) is 51.4 Å². The molecule has 4 atom stereocenters. The highest BCUT2D eigenvalue weighted by molar-refractivity contribution is 6.76. The third-order valence-corrected chi connectivity index (χ3v) is 20.7. The number of halogens is 6. The van der Waals surface area contributed by atoms with Gasteiger partial charge in [-0.3, -0.25) is 9.59 Å². The molecule has 0 aliphatic carbocycles. The van der Waals surface area contributed by atoms with Gasteiger partial charge < -0.3 is 67.4 Å². The molecular formula is C71H92F6N12O12Si2. The molecule has 558 valence electrons. The Hall–Kier alpha value is -8.89. The molecule has 2 aromatic carbocycles. The van der Waals surface area contributed by atoms with Gasteiger partial charge in [0.15, 0.2) is 0 Å². The van der Waals surface area contributed by atoms with E-state index < -0.39 is 98.9 Å². The molecule has 2 saturated heterocycles. The van der Waals surface area contributed by atoms with Crippen molar-refractivity contribution >= 4 is 74.0 Å². The summed E-state index contributed by atoms with van der Waals surface area (Å²) in [5.41, 5.74) is 1.93. The van der Waals surface area contributed by atoms with Crippen LogP contribution in [0.4, 0.5) is 47.8 Å². The van der Waals surface area contributed by atoms with Gasteiger partial charge in [-0.1, -0.05) is 73.9 Å². The Morgan fingerprint density at radius 2 is 0.981 bits per heavy atom. The number of aliphatic carboxylic acids is 1. The van der Waals surface area contributed by atoms with Crippen molar-refractivity contribution < 1.29 is 83.4 Å². The highest BCUT2D eigenvalue weighted by Gasteiger charge is 2.42. The summed E-state index contributed by atoms with van der Waals surface area (Å²) in [6.45, 7) is 32.3. The monoisotopic (exact) mass is 1470 g/mol. The number of aromatic nitrogens is 8. The maximum absolute atomic E-state index is 14.6. The van der Waals surface area contributed by atoms with E-state index in [1.807, 2.05) is 38.1 Å². The van der Waals surface area contributed by atoms with Crippen molar-refractivity contribution in [1.82, 2.24) is 49.2 Å². The molecular weight excluding hydrogens is 1380 g/mol. The molecule has 10 rings (SSSR count). The second-order valence-corrected chi connectivity index (χ2v) is 41.9. The Kier molecular flexibility index (Phi) is 23.4. The number of hydrogen-bond donors (Lipinski definition) is 3. The van der Waals surface area contributed by atoms with Crippen LogP contribution < -0.4 is 10.6 Å². The number of piperidine rings is 2. The lowest BCUT2D eigenvalue weighted by Crippen LogP contribution is -2.52. The van der Waals surface area contributed by atoms with E-state index in [9.17, 15) is 50.6 Å². The smallest absolute Gasteiger partial charge is 0.419 e. The first-order valence-electron chi connectivity index (χ1n) is 33.9. The van der Waals surface area contributed by atoms with Gasteiger partial charge in [-0.2, -0.15) is 26.3 Å². The number of amides is 2. The molecule has 2 aliphatic rings. The molecule has 6 aromatic heterocycles. The van der Waals surface area contributed by atoms with Crippen LogP contribution >= 0.6 is 0 Å². The lowest BCUT2D eigenvalue weighted by atomic mass is 9.94. The molecule has 3 N–H and O–H groups in total. The van der Waals surface area contributed by atoms with Gasteiger partial charge in [-0.25, -0.2) is 29.5 Å². The van der Waals surface area contributed by atoms with Crippen molar-refractivity contribution in [3.05, 3.63) is 95.2 Å². The number of carbonyl (C=O) groups is 4. The number of hydrogen-bond acceptors (Lipinski definition) is 19. The van der Waals surface area contributed by atoms with Crippen molar-refractivity contribution in [2.45, 2.75) is 183 Å². The fraction of sp³-hybridized carbons (Fsp3) is 0.521. The number of nitrogens with zero attached hydrogens (tertiary/aromatic N) is 10. The number of nitrogens with one attached hydrogen (secondary N) is 2. The van der Waals surface area contributed by atoms with E-state index in [2.05, 4.69) is 80.2 Å². The van der Waals surface area contributed by atoms with Gasteiger partial charge in [-0.15, -0.1) is 0 Å². The number of alkyl halides is 6. The highest BCUT2D eigenvalue weighted by atomic mass is 28.3. The predicted molar refractivity (Wildman–Crippen MR) is 380 cm³/mol. The van der Waals surface area contributed by atoms with Crippen molar-refractivity contribution in [2.24, 2.45) is 11.8 Å². The average molecular weight is 1480 g/mol. The summed E-state index contributed by atoms with van der Waals surface area (Å²) in [7, 11) is -1.54. The van der Waals surface area contributed by atoms with Gasteiger partial charge in [0, 0.05) is 125 Å². The largest absolute Gasteiger partial charge is 0.481 e. The molecule has 2 amide bonds. The molecule has 0 saturated carbocycles. The number of methoxy groups -OCH3 is 1. The molecule has 103 heavy (non-hydrogen) atoms. The molecule has 8 heterocycles. The number of carbonyl (C=O) groups excluding carboxylic acids is 3. The van der Waals surface area contributed by atoms with Crippen LogP contribution in [-0.4, -0.2) is 164 Å². The normalized spacial score (nSPS) is 17.1. The number of likely N-dealkylation sites (tertiary alicyclic amines) is 2. The summed E-state index contributed by atoms with van der Waals surface area (Å²) in [5, 5.41) is 25.1. The standard InChI is InChI=1S/C36H47F3N6O6Si.C35H45F3N6O6Si/c1-21-30(22(2)51-43-21)23-10-11-26-27(19-45(29(26)15-23)20-49-12-13-52(7,8)9)31-28(36(37,38)39)16-40-33(42-31)41-25-14-24(32(46)48-6)17-44(18-25)34(47)50-35(3,4)5;1-20-29(21(2)50-42-20)22-9-10-25-26(18-44(28(25)14-22)19-48-11-12-51(6,7)8)30-27(35(36,37)38)15-39-32(41-30)40-24-13-23(31(45)46)16-43(17-24)33(47)49-34(3,4)5/h10-11,15-16,19,24-25H,12-14,17-18,20H2,1-9H3,(H,40,41,42);9-10,14-15,18,23-24H,11-13,16-17,19H2,1-8H3,(H,45,46)(H,39,40,41)/t24-,25+;23-,24+/m11/s1. The van der Waals surface area contributed by atoms with Gasteiger partial charge in [0.25, 0.3) is 0 Å². The third-order valence-electron chi connectivity index (χ3n) is 17.3.